The highest BCUT2D eigenvalue weighted by molar-refractivity contribution is 6.45. The smallest absolute Gasteiger partial charge is 0.416 e. The van der Waals surface area contributed by atoms with E-state index in [1.165, 1.54) is 6.92 Å². The Morgan fingerprint density at radius 3 is 2.15 bits per heavy atom. The van der Waals surface area contributed by atoms with Gasteiger partial charge in [-0.2, -0.15) is 13.2 Å². The maximum Gasteiger partial charge on any atom is 0.416 e. The molecule has 0 saturated carbocycles. The molecular weight excluding hydrogens is 282 g/mol. The van der Waals surface area contributed by atoms with E-state index in [-0.39, 0.29) is 18.6 Å². The highest BCUT2D eigenvalue weighted by Crippen LogP contribution is 2.32. The number of nitrogens with one attached hydrogen (secondary N) is 1. The Morgan fingerprint density at radius 2 is 1.75 bits per heavy atom. The van der Waals surface area contributed by atoms with Crippen molar-refractivity contribution in [2.75, 3.05) is 0 Å². The van der Waals surface area contributed by atoms with Crippen LogP contribution in [-0.2, 0) is 11.0 Å². The third kappa shape index (κ3) is 3.01. The molecule has 1 rings (SSSR count). The molecule has 2 N–H and O–H groups in total. The van der Waals surface area contributed by atoms with Crippen LogP contribution in [0.5, 0.6) is 0 Å². The molecule has 0 heterocycles. The zero-order valence-corrected chi connectivity index (χ0v) is 10.1. The first kappa shape index (κ1) is 15.8. The number of hydrogen-bond acceptors (Lipinski definition) is 3. The number of benzene rings is 1. The highest BCUT2D eigenvalue weighted by atomic mass is 19.4. The van der Waals surface area contributed by atoms with Crippen molar-refractivity contribution >= 4 is 17.5 Å². The third-order valence-corrected chi connectivity index (χ3v) is 2.50. The van der Waals surface area contributed by atoms with Gasteiger partial charge in [0.15, 0.2) is 5.78 Å². The first-order valence-electron chi connectivity index (χ1n) is 5.35. The summed E-state index contributed by atoms with van der Waals surface area (Å²) in [4.78, 5) is 22.0. The summed E-state index contributed by atoms with van der Waals surface area (Å²) in [6, 6.07) is 0.391. The molecule has 4 nitrogen and oxygen atoms in total. The minimum Gasteiger partial charge on any atom is -0.478 e. The summed E-state index contributed by atoms with van der Waals surface area (Å²) in [7, 11) is 0. The van der Waals surface area contributed by atoms with Crippen molar-refractivity contribution in [1.82, 2.24) is 0 Å². The van der Waals surface area contributed by atoms with Crippen LogP contribution in [0.15, 0.2) is 12.1 Å². The number of alkyl halides is 3. The second-order valence-corrected chi connectivity index (χ2v) is 3.84. The first-order chi connectivity index (χ1) is 9.09. The summed E-state index contributed by atoms with van der Waals surface area (Å²) in [5.41, 5.74) is -4.62. The number of hydrogen-bond donors (Lipinski definition) is 2. The lowest BCUT2D eigenvalue weighted by Gasteiger charge is -2.12. The summed E-state index contributed by atoms with van der Waals surface area (Å²) >= 11 is 0. The van der Waals surface area contributed by atoms with Crippen LogP contribution in [0.1, 0.15) is 34.8 Å². The van der Waals surface area contributed by atoms with Crippen molar-refractivity contribution in [2.45, 2.75) is 19.5 Å². The molecule has 0 radical (unpaired) electrons. The molecule has 0 atom stereocenters. The number of rotatable bonds is 4. The van der Waals surface area contributed by atoms with Crippen molar-refractivity contribution in [3.63, 3.8) is 0 Å². The van der Waals surface area contributed by atoms with Gasteiger partial charge >= 0.3 is 12.1 Å². The van der Waals surface area contributed by atoms with Gasteiger partial charge in [-0.15, -0.1) is 0 Å². The second kappa shape index (κ2) is 5.40. The molecule has 108 valence electrons. The average molecular weight is 291 g/mol. The summed E-state index contributed by atoms with van der Waals surface area (Å²) in [6.07, 6.45) is -5.13. The fraction of sp³-hybridized carbons (Fsp3) is 0.250. The number of halogens is 4. The van der Waals surface area contributed by atoms with E-state index in [0.717, 1.165) is 0 Å². The Hall–Kier alpha value is -2.25. The first-order valence-corrected chi connectivity index (χ1v) is 5.35. The van der Waals surface area contributed by atoms with Crippen LogP contribution >= 0.6 is 0 Å². The Labute approximate surface area is 110 Å². The number of carbonyl (C=O) groups is 2. The number of carboxylic acids is 1. The molecule has 0 fully saturated rings. The van der Waals surface area contributed by atoms with Crippen molar-refractivity contribution in [3.05, 3.63) is 34.6 Å². The van der Waals surface area contributed by atoms with Crippen LogP contribution in [0, 0.1) is 11.2 Å². The van der Waals surface area contributed by atoms with Crippen molar-refractivity contribution < 1.29 is 32.3 Å². The van der Waals surface area contributed by atoms with Gasteiger partial charge in [-0.25, -0.2) is 9.18 Å². The average Bonchev–Trinajstić information content (AvgIpc) is 2.35. The van der Waals surface area contributed by atoms with Crippen LogP contribution in [-0.4, -0.2) is 22.6 Å². The minimum atomic E-state index is -4.91. The maximum atomic E-state index is 13.8. The monoisotopic (exact) mass is 291 g/mol. The third-order valence-electron chi connectivity index (χ3n) is 2.50. The lowest BCUT2D eigenvalue weighted by Crippen LogP contribution is -2.19. The summed E-state index contributed by atoms with van der Waals surface area (Å²) < 4.78 is 51.7. The number of carbonyl (C=O) groups excluding carboxylic acids is 1. The Kier molecular flexibility index (Phi) is 4.26. The van der Waals surface area contributed by atoms with Crippen LogP contribution < -0.4 is 0 Å². The van der Waals surface area contributed by atoms with Gasteiger partial charge in [0.1, 0.15) is 11.5 Å². The van der Waals surface area contributed by atoms with Crippen molar-refractivity contribution in [3.8, 4) is 0 Å². The zero-order valence-electron chi connectivity index (χ0n) is 10.1. The van der Waals surface area contributed by atoms with Crippen LogP contribution in [0.2, 0.25) is 0 Å². The zero-order chi connectivity index (χ0) is 15.7. The van der Waals surface area contributed by atoms with Crippen molar-refractivity contribution in [1.29, 1.82) is 5.41 Å². The van der Waals surface area contributed by atoms with E-state index >= 15 is 0 Å². The molecule has 0 unspecified atom stereocenters. The standard InChI is InChI=1S/C12H9F4NO3/c1-2-8(18)10(17)6-3-5(12(14,15)16)4-7(9(6)13)11(19)20/h3-4,17H,2H2,1H3,(H,19,20). The fourth-order valence-electron chi connectivity index (χ4n) is 1.45. The molecule has 0 aliphatic heterocycles. The number of ketones is 1. The molecule has 1 aromatic rings. The molecule has 0 spiro atoms. The molecule has 0 aromatic heterocycles. The van der Waals surface area contributed by atoms with Gasteiger partial charge < -0.3 is 5.11 Å². The van der Waals surface area contributed by atoms with Crippen LogP contribution in [0.3, 0.4) is 0 Å². The summed E-state index contributed by atoms with van der Waals surface area (Å²) in [6.45, 7) is 1.35. The van der Waals surface area contributed by atoms with Gasteiger partial charge in [0, 0.05) is 12.0 Å². The van der Waals surface area contributed by atoms with E-state index in [9.17, 15) is 27.2 Å². The van der Waals surface area contributed by atoms with E-state index in [0.29, 0.717) is 0 Å². The Morgan fingerprint density at radius 1 is 1.25 bits per heavy atom. The SMILES string of the molecule is CCC(=O)C(=N)c1cc(C(F)(F)F)cc(C(=O)O)c1F. The van der Waals surface area contributed by atoms with E-state index in [1.807, 2.05) is 0 Å². The summed E-state index contributed by atoms with van der Waals surface area (Å²) in [5.74, 6) is -4.33. The lowest BCUT2D eigenvalue weighted by atomic mass is 9.98. The number of carboxylic acid groups (broad SMARTS) is 1. The molecule has 20 heavy (non-hydrogen) atoms. The Bertz CT molecular complexity index is 593. The quantitative estimate of drug-likeness (QED) is 0.661. The normalized spacial score (nSPS) is 11.2. The second-order valence-electron chi connectivity index (χ2n) is 3.84. The number of Topliss-reactive ketones (excluding diaryl/α,β-unsaturated/α-hetero) is 1. The molecule has 0 aliphatic carbocycles. The topological polar surface area (TPSA) is 78.2 Å². The van der Waals surface area contributed by atoms with E-state index in [2.05, 4.69) is 0 Å². The van der Waals surface area contributed by atoms with Crippen molar-refractivity contribution in [2.24, 2.45) is 0 Å². The maximum absolute atomic E-state index is 13.8. The molecule has 8 heteroatoms. The predicted octanol–water partition coefficient (Wildman–Crippen LogP) is 2.89. The molecule has 0 bridgehead atoms. The fourth-order valence-corrected chi connectivity index (χ4v) is 1.45. The molecule has 0 amide bonds. The minimum absolute atomic E-state index is 0.130. The van der Waals surface area contributed by atoms with Gasteiger partial charge in [0.05, 0.1) is 11.1 Å². The lowest BCUT2D eigenvalue weighted by molar-refractivity contribution is -0.137. The van der Waals surface area contributed by atoms with Gasteiger partial charge in [-0.1, -0.05) is 6.92 Å². The van der Waals surface area contributed by atoms with Gasteiger partial charge in [0.2, 0.25) is 0 Å². The van der Waals surface area contributed by atoms with Gasteiger partial charge in [-0.05, 0) is 12.1 Å². The Balaban J connectivity index is 3.59. The molecule has 1 aromatic carbocycles. The molecular formula is C12H9F4NO3. The van der Waals surface area contributed by atoms with E-state index in [1.54, 1.807) is 0 Å². The predicted molar refractivity (Wildman–Crippen MR) is 60.5 cm³/mol. The van der Waals surface area contributed by atoms with Crippen LogP contribution in [0.4, 0.5) is 17.6 Å². The van der Waals surface area contributed by atoms with E-state index in [4.69, 9.17) is 10.5 Å². The van der Waals surface area contributed by atoms with E-state index < -0.39 is 46.1 Å². The van der Waals surface area contributed by atoms with Gasteiger partial charge in [0.25, 0.3) is 0 Å². The summed E-state index contributed by atoms with van der Waals surface area (Å²) in [5, 5.41) is 16.1. The largest absolute Gasteiger partial charge is 0.478 e. The van der Waals surface area contributed by atoms with Crippen LogP contribution in [0.25, 0.3) is 0 Å². The highest BCUT2D eigenvalue weighted by Gasteiger charge is 2.34. The molecule has 0 saturated heterocycles. The molecule has 0 aliphatic rings. The number of aromatic carboxylic acids is 1. The van der Waals surface area contributed by atoms with Gasteiger partial charge in [-0.3, -0.25) is 10.2 Å².